The van der Waals surface area contributed by atoms with Crippen molar-refractivity contribution < 1.29 is 0 Å². The quantitative estimate of drug-likeness (QED) is 0.574. The van der Waals surface area contributed by atoms with E-state index < -0.39 is 0 Å². The minimum Gasteiger partial charge on any atom is -0.314 e. The van der Waals surface area contributed by atoms with Crippen molar-refractivity contribution in [2.24, 2.45) is 0 Å². The summed E-state index contributed by atoms with van der Waals surface area (Å²) in [4.78, 5) is 0. The van der Waals surface area contributed by atoms with Gasteiger partial charge in [-0.2, -0.15) is 0 Å². The van der Waals surface area contributed by atoms with Gasteiger partial charge in [-0.3, -0.25) is 14.0 Å². The van der Waals surface area contributed by atoms with Crippen molar-refractivity contribution in [3.05, 3.63) is 0 Å². The van der Waals surface area contributed by atoms with E-state index >= 15 is 0 Å². The fraction of sp³-hybridized carbons (Fsp3) is 1.00. The van der Waals surface area contributed by atoms with Gasteiger partial charge in [0.2, 0.25) is 0 Å². The van der Waals surface area contributed by atoms with Crippen LogP contribution in [0.2, 0.25) is 0 Å². The molecule has 0 aromatic heterocycles. The van der Waals surface area contributed by atoms with E-state index in [1.807, 2.05) is 0 Å². The van der Waals surface area contributed by atoms with Gasteiger partial charge in [0.15, 0.2) is 0 Å². The number of nitrogens with zero attached hydrogens (tertiary/aromatic N) is 3. The lowest BCUT2D eigenvalue weighted by atomic mass is 10.4. The minimum atomic E-state index is -0.235. The Kier molecular flexibility index (Phi) is 5.41. The average molecular weight is 286 g/mol. The number of hydrogen-bond donors (Lipinski definition) is 3. The Labute approximate surface area is 117 Å². The van der Waals surface area contributed by atoms with Crippen LogP contribution in [0.5, 0.6) is 0 Å². The summed E-state index contributed by atoms with van der Waals surface area (Å²) in [6.07, 6.45) is 0. The van der Waals surface area contributed by atoms with Crippen LogP contribution in [0.1, 0.15) is 0 Å². The molecule has 0 aromatic carbocycles. The maximum Gasteiger partial charge on any atom is 0.120 e. The Hall–Kier alpha value is 0.190. The first-order valence-corrected chi connectivity index (χ1v) is 8.82. The third-order valence-corrected chi connectivity index (χ3v) is 6.76. The van der Waals surface area contributed by atoms with E-state index in [1.54, 1.807) is 0 Å². The molecule has 6 nitrogen and oxygen atoms in total. The van der Waals surface area contributed by atoms with Crippen LogP contribution in [0.15, 0.2) is 0 Å². The molecule has 3 aliphatic heterocycles. The van der Waals surface area contributed by atoms with Crippen molar-refractivity contribution in [2.45, 2.75) is 0 Å². The number of piperazine rings is 3. The van der Waals surface area contributed by atoms with Crippen molar-refractivity contribution >= 4 is 8.37 Å². The molecule has 0 saturated carbocycles. The third kappa shape index (κ3) is 3.64. The van der Waals surface area contributed by atoms with E-state index in [-0.39, 0.29) is 8.37 Å². The van der Waals surface area contributed by atoms with E-state index in [2.05, 4.69) is 30.0 Å². The largest absolute Gasteiger partial charge is 0.314 e. The third-order valence-electron chi connectivity index (χ3n) is 4.04. The van der Waals surface area contributed by atoms with Gasteiger partial charge in [-0.15, -0.1) is 0 Å². The number of nitrogens with one attached hydrogen (secondary N) is 3. The van der Waals surface area contributed by atoms with Crippen molar-refractivity contribution in [3.63, 3.8) is 0 Å². The van der Waals surface area contributed by atoms with Crippen LogP contribution in [0, 0.1) is 0 Å². The maximum absolute atomic E-state index is 3.48. The summed E-state index contributed by atoms with van der Waals surface area (Å²) >= 11 is 0. The lowest BCUT2D eigenvalue weighted by molar-refractivity contribution is 0.270. The first kappa shape index (κ1) is 14.1. The molecule has 0 aliphatic carbocycles. The molecule has 3 aliphatic rings. The molecule has 0 bridgehead atoms. The second-order valence-electron chi connectivity index (χ2n) is 5.38. The van der Waals surface area contributed by atoms with Crippen LogP contribution in [0.3, 0.4) is 0 Å². The Morgan fingerprint density at radius 2 is 0.737 bits per heavy atom. The van der Waals surface area contributed by atoms with Crippen molar-refractivity contribution in [3.8, 4) is 0 Å². The normalized spacial score (nSPS) is 28.9. The van der Waals surface area contributed by atoms with Gasteiger partial charge >= 0.3 is 0 Å². The van der Waals surface area contributed by atoms with Crippen LogP contribution < -0.4 is 16.0 Å². The van der Waals surface area contributed by atoms with Crippen molar-refractivity contribution in [1.29, 1.82) is 0 Å². The average Bonchev–Trinajstić information content (AvgIpc) is 2.51. The van der Waals surface area contributed by atoms with E-state index in [0.717, 1.165) is 39.3 Å². The number of rotatable bonds is 3. The fourth-order valence-electron chi connectivity index (χ4n) is 3.03. The van der Waals surface area contributed by atoms with Crippen LogP contribution in [0.4, 0.5) is 0 Å². The molecule has 0 unspecified atom stereocenters. The maximum atomic E-state index is 3.48. The van der Waals surface area contributed by atoms with Gasteiger partial charge < -0.3 is 16.0 Å². The molecule has 19 heavy (non-hydrogen) atoms. The minimum absolute atomic E-state index is 0.235. The molecule has 0 aromatic rings. The zero-order valence-corrected chi connectivity index (χ0v) is 12.7. The lowest BCUT2D eigenvalue weighted by Crippen LogP contribution is -2.53. The molecular weight excluding hydrogens is 259 g/mol. The molecule has 3 heterocycles. The molecular formula is C12H27N6P. The van der Waals surface area contributed by atoms with Gasteiger partial charge in [0.1, 0.15) is 8.37 Å². The van der Waals surface area contributed by atoms with E-state index in [9.17, 15) is 0 Å². The first-order valence-electron chi connectivity index (χ1n) is 7.62. The van der Waals surface area contributed by atoms with Crippen LogP contribution in [-0.4, -0.2) is 92.5 Å². The highest BCUT2D eigenvalue weighted by Gasteiger charge is 2.33. The molecule has 0 radical (unpaired) electrons. The molecule has 110 valence electrons. The lowest BCUT2D eigenvalue weighted by Gasteiger charge is -2.48. The monoisotopic (exact) mass is 286 g/mol. The molecule has 0 atom stereocenters. The Balaban J connectivity index is 1.68. The molecule has 3 saturated heterocycles. The topological polar surface area (TPSA) is 45.8 Å². The Morgan fingerprint density at radius 3 is 1.00 bits per heavy atom. The second-order valence-corrected chi connectivity index (χ2v) is 7.61. The summed E-state index contributed by atoms with van der Waals surface area (Å²) in [6.45, 7) is 14.1. The zero-order valence-electron chi connectivity index (χ0n) is 11.8. The van der Waals surface area contributed by atoms with Crippen LogP contribution >= 0.6 is 8.37 Å². The van der Waals surface area contributed by atoms with Crippen LogP contribution in [-0.2, 0) is 0 Å². The molecule has 3 rings (SSSR count). The summed E-state index contributed by atoms with van der Waals surface area (Å²) in [6, 6.07) is 0. The SMILES string of the molecule is C1CN(P(N2CCNCC2)N2CCNCC2)CCN1. The predicted molar refractivity (Wildman–Crippen MR) is 80.2 cm³/mol. The molecule has 3 fully saturated rings. The molecule has 7 heteroatoms. The van der Waals surface area contributed by atoms with Gasteiger partial charge in [-0.1, -0.05) is 0 Å². The predicted octanol–water partition coefficient (Wildman–Crippen LogP) is -1.07. The first-order chi connectivity index (χ1) is 9.45. The van der Waals surface area contributed by atoms with Crippen molar-refractivity contribution in [1.82, 2.24) is 30.0 Å². The highest BCUT2D eigenvalue weighted by molar-refractivity contribution is 7.50. The second kappa shape index (κ2) is 7.27. The highest BCUT2D eigenvalue weighted by atomic mass is 31.2. The van der Waals surface area contributed by atoms with Crippen LogP contribution in [0.25, 0.3) is 0 Å². The zero-order chi connectivity index (χ0) is 12.9. The molecule has 0 spiro atoms. The summed E-state index contributed by atoms with van der Waals surface area (Å²) in [5.74, 6) is 0. The number of hydrogen-bond acceptors (Lipinski definition) is 6. The van der Waals surface area contributed by atoms with Gasteiger partial charge in [0, 0.05) is 78.5 Å². The molecule has 0 amide bonds. The Morgan fingerprint density at radius 1 is 0.474 bits per heavy atom. The fourth-order valence-corrected chi connectivity index (χ4v) is 5.78. The Bertz CT molecular complexity index is 218. The van der Waals surface area contributed by atoms with E-state index in [0.29, 0.717) is 0 Å². The van der Waals surface area contributed by atoms with Gasteiger partial charge in [-0.05, 0) is 0 Å². The van der Waals surface area contributed by atoms with E-state index in [1.165, 1.54) is 39.3 Å². The summed E-state index contributed by atoms with van der Waals surface area (Å²) in [5, 5.41) is 10.4. The standard InChI is InChI=1S/C12H27N6P/c1-7-16(8-2-13-1)19(17-9-3-14-4-10-17)18-11-5-15-6-12-18/h13-15H,1-12H2. The van der Waals surface area contributed by atoms with E-state index in [4.69, 9.17) is 0 Å². The molecule has 3 N–H and O–H groups in total. The van der Waals surface area contributed by atoms with Gasteiger partial charge in [0.05, 0.1) is 0 Å². The van der Waals surface area contributed by atoms with Gasteiger partial charge in [0.25, 0.3) is 0 Å². The summed E-state index contributed by atoms with van der Waals surface area (Å²) in [5.41, 5.74) is 0. The highest BCUT2D eigenvalue weighted by Crippen LogP contribution is 2.47. The van der Waals surface area contributed by atoms with Crippen molar-refractivity contribution in [2.75, 3.05) is 78.5 Å². The smallest absolute Gasteiger partial charge is 0.120 e. The van der Waals surface area contributed by atoms with Gasteiger partial charge in [-0.25, -0.2) is 0 Å². The summed E-state index contributed by atoms with van der Waals surface area (Å²) < 4.78 is 8.22. The summed E-state index contributed by atoms with van der Waals surface area (Å²) in [7, 11) is -0.235.